The Bertz CT molecular complexity index is 515. The van der Waals surface area contributed by atoms with E-state index in [1.165, 1.54) is 44.5 Å². The smallest absolute Gasteiger partial charge is 0.191 e. The van der Waals surface area contributed by atoms with Gasteiger partial charge in [-0.1, -0.05) is 25.5 Å². The van der Waals surface area contributed by atoms with E-state index < -0.39 is 0 Å². The molecule has 26 heavy (non-hydrogen) atoms. The summed E-state index contributed by atoms with van der Waals surface area (Å²) in [6.45, 7) is 10.6. The molecule has 1 heterocycles. The van der Waals surface area contributed by atoms with Crippen LogP contribution >= 0.6 is 24.0 Å². The van der Waals surface area contributed by atoms with Crippen molar-refractivity contribution >= 4 is 29.9 Å². The molecule has 1 unspecified atom stereocenters. The number of rotatable bonds is 8. The van der Waals surface area contributed by atoms with Gasteiger partial charge in [0, 0.05) is 19.6 Å². The molecule has 1 aromatic rings. The maximum Gasteiger partial charge on any atom is 0.191 e. The lowest BCUT2D eigenvalue weighted by Crippen LogP contribution is -2.42. The van der Waals surface area contributed by atoms with Crippen LogP contribution in [0.5, 0.6) is 5.75 Å². The zero-order valence-electron chi connectivity index (χ0n) is 16.5. The van der Waals surface area contributed by atoms with Crippen molar-refractivity contribution in [3.05, 3.63) is 29.8 Å². The second-order valence-corrected chi connectivity index (χ2v) is 6.89. The second-order valence-electron chi connectivity index (χ2n) is 6.89. The number of ether oxygens (including phenoxy) is 1. The van der Waals surface area contributed by atoms with Crippen molar-refractivity contribution in [3.63, 3.8) is 0 Å². The largest absolute Gasteiger partial charge is 0.497 e. The quantitative estimate of drug-likeness (QED) is 0.344. The molecule has 0 radical (unpaired) electrons. The van der Waals surface area contributed by atoms with E-state index in [-0.39, 0.29) is 24.0 Å². The van der Waals surface area contributed by atoms with Crippen molar-refractivity contribution in [3.8, 4) is 5.75 Å². The lowest BCUT2D eigenvalue weighted by atomic mass is 10.1. The zero-order chi connectivity index (χ0) is 17.9. The first-order chi connectivity index (χ1) is 12.2. The predicted octanol–water partition coefficient (Wildman–Crippen LogP) is 3.49. The van der Waals surface area contributed by atoms with Crippen LogP contribution in [-0.4, -0.2) is 50.7 Å². The molecule has 2 N–H and O–H groups in total. The summed E-state index contributed by atoms with van der Waals surface area (Å²) in [5, 5.41) is 6.83. The maximum absolute atomic E-state index is 5.20. The Hall–Kier alpha value is -1.02. The third-order valence-corrected chi connectivity index (χ3v) is 4.56. The number of guanidine groups is 1. The molecule has 1 aliphatic rings. The first-order valence-electron chi connectivity index (χ1n) is 9.58. The Labute approximate surface area is 176 Å². The lowest BCUT2D eigenvalue weighted by molar-refractivity contribution is 0.201. The number of hydrogen-bond acceptors (Lipinski definition) is 3. The number of methoxy groups -OCH3 is 1. The van der Waals surface area contributed by atoms with Gasteiger partial charge in [0.1, 0.15) is 5.75 Å². The van der Waals surface area contributed by atoms with Gasteiger partial charge in [0.25, 0.3) is 0 Å². The number of benzene rings is 1. The summed E-state index contributed by atoms with van der Waals surface area (Å²) in [6, 6.07) is 8.08. The molecule has 148 valence electrons. The van der Waals surface area contributed by atoms with Crippen LogP contribution in [0.15, 0.2) is 29.3 Å². The van der Waals surface area contributed by atoms with Crippen molar-refractivity contribution in [2.24, 2.45) is 10.9 Å². The summed E-state index contributed by atoms with van der Waals surface area (Å²) in [5.41, 5.74) is 1.18. The van der Waals surface area contributed by atoms with Gasteiger partial charge in [-0.3, -0.25) is 0 Å². The maximum atomic E-state index is 5.20. The highest BCUT2D eigenvalue weighted by Crippen LogP contribution is 2.12. The van der Waals surface area contributed by atoms with Gasteiger partial charge in [0.05, 0.1) is 13.7 Å². The molecule has 0 spiro atoms. The van der Waals surface area contributed by atoms with Crippen molar-refractivity contribution < 1.29 is 4.74 Å². The van der Waals surface area contributed by atoms with Crippen LogP contribution in [0.25, 0.3) is 0 Å². The molecule has 1 saturated heterocycles. The van der Waals surface area contributed by atoms with Crippen LogP contribution in [0.3, 0.4) is 0 Å². The molecule has 0 saturated carbocycles. The van der Waals surface area contributed by atoms with Crippen LogP contribution in [0, 0.1) is 5.92 Å². The normalized spacial score (nSPS) is 16.5. The van der Waals surface area contributed by atoms with Gasteiger partial charge in [-0.05, 0) is 56.5 Å². The second kappa shape index (κ2) is 13.2. The monoisotopic (exact) mass is 474 g/mol. The molecule has 1 aliphatic heterocycles. The first kappa shape index (κ1) is 23.0. The molecule has 5 nitrogen and oxygen atoms in total. The van der Waals surface area contributed by atoms with Crippen LogP contribution < -0.4 is 15.4 Å². The summed E-state index contributed by atoms with van der Waals surface area (Å²) in [4.78, 5) is 7.29. The molecule has 0 amide bonds. The number of hydrogen-bond donors (Lipinski definition) is 2. The van der Waals surface area contributed by atoms with E-state index in [1.54, 1.807) is 7.11 Å². The van der Waals surface area contributed by atoms with Crippen molar-refractivity contribution in [1.82, 2.24) is 15.5 Å². The fraction of sp³-hybridized carbons (Fsp3) is 0.650. The minimum Gasteiger partial charge on any atom is -0.497 e. The van der Waals surface area contributed by atoms with E-state index in [9.17, 15) is 0 Å². The summed E-state index contributed by atoms with van der Waals surface area (Å²) >= 11 is 0. The fourth-order valence-electron chi connectivity index (χ4n) is 3.16. The summed E-state index contributed by atoms with van der Waals surface area (Å²) in [7, 11) is 1.69. The summed E-state index contributed by atoms with van der Waals surface area (Å²) in [6.07, 6.45) is 4.10. The molecule has 1 aromatic carbocycles. The lowest BCUT2D eigenvalue weighted by Gasteiger charge is -2.29. The zero-order valence-corrected chi connectivity index (χ0v) is 18.8. The Morgan fingerprint density at radius 1 is 1.15 bits per heavy atom. The highest BCUT2D eigenvalue weighted by atomic mass is 127. The molecule has 6 heteroatoms. The Morgan fingerprint density at radius 3 is 2.46 bits per heavy atom. The minimum atomic E-state index is 0. The molecule has 0 aromatic heterocycles. The van der Waals surface area contributed by atoms with Gasteiger partial charge in [0.2, 0.25) is 0 Å². The molecule has 0 bridgehead atoms. The molecule has 0 aliphatic carbocycles. The van der Waals surface area contributed by atoms with E-state index in [4.69, 9.17) is 9.73 Å². The number of likely N-dealkylation sites (tertiary alicyclic amines) is 1. The number of nitrogens with one attached hydrogen (secondary N) is 2. The van der Waals surface area contributed by atoms with Crippen LogP contribution in [0.1, 0.15) is 38.7 Å². The number of piperidine rings is 1. The molecular weight excluding hydrogens is 439 g/mol. The van der Waals surface area contributed by atoms with E-state index in [2.05, 4.69) is 41.5 Å². The van der Waals surface area contributed by atoms with Gasteiger partial charge in [-0.2, -0.15) is 0 Å². The van der Waals surface area contributed by atoms with Gasteiger partial charge >= 0.3 is 0 Å². The average molecular weight is 474 g/mol. The molecule has 1 atom stereocenters. The van der Waals surface area contributed by atoms with E-state index >= 15 is 0 Å². The third kappa shape index (κ3) is 8.58. The molecule has 2 rings (SSSR count). The molecule has 1 fully saturated rings. The van der Waals surface area contributed by atoms with Gasteiger partial charge in [-0.15, -0.1) is 24.0 Å². The predicted molar refractivity (Wildman–Crippen MR) is 121 cm³/mol. The highest BCUT2D eigenvalue weighted by molar-refractivity contribution is 14.0. The Balaban J connectivity index is 0.00000338. The Kier molecular flexibility index (Phi) is 11.7. The topological polar surface area (TPSA) is 48.9 Å². The minimum absolute atomic E-state index is 0. The third-order valence-electron chi connectivity index (χ3n) is 4.56. The van der Waals surface area contributed by atoms with Crippen LogP contribution in [0.4, 0.5) is 0 Å². The number of aliphatic imine (C=N–C) groups is 1. The van der Waals surface area contributed by atoms with E-state index in [1.807, 2.05) is 12.1 Å². The standard InChI is InChI=1S/C20H34N4O.HI/c1-4-21-20(23-15-18-8-10-19(25-3)11-9-18)22-14-17(2)16-24-12-6-5-7-13-24;/h8-11,17H,4-7,12-16H2,1-3H3,(H2,21,22,23);1H. The van der Waals surface area contributed by atoms with Gasteiger partial charge < -0.3 is 20.3 Å². The Morgan fingerprint density at radius 2 is 1.85 bits per heavy atom. The van der Waals surface area contributed by atoms with E-state index in [0.717, 1.165) is 24.8 Å². The molecular formula is C20H35IN4O. The van der Waals surface area contributed by atoms with Crippen LogP contribution in [0.2, 0.25) is 0 Å². The van der Waals surface area contributed by atoms with Crippen molar-refractivity contribution in [2.75, 3.05) is 39.8 Å². The van der Waals surface area contributed by atoms with Gasteiger partial charge in [0.15, 0.2) is 5.96 Å². The number of halogens is 1. The van der Waals surface area contributed by atoms with Crippen LogP contribution in [-0.2, 0) is 6.54 Å². The van der Waals surface area contributed by atoms with Gasteiger partial charge in [-0.25, -0.2) is 4.99 Å². The first-order valence-corrected chi connectivity index (χ1v) is 9.58. The number of nitrogens with zero attached hydrogens (tertiary/aromatic N) is 2. The fourth-order valence-corrected chi connectivity index (χ4v) is 3.16. The SMILES string of the molecule is CCNC(=NCc1ccc(OC)cc1)NCC(C)CN1CCCCC1.I. The summed E-state index contributed by atoms with van der Waals surface area (Å²) in [5.74, 6) is 2.39. The van der Waals surface area contributed by atoms with Crippen molar-refractivity contribution in [1.29, 1.82) is 0 Å². The summed E-state index contributed by atoms with van der Waals surface area (Å²) < 4.78 is 5.20. The highest BCUT2D eigenvalue weighted by Gasteiger charge is 2.13. The average Bonchev–Trinajstić information content (AvgIpc) is 2.65. The van der Waals surface area contributed by atoms with Crippen molar-refractivity contribution in [2.45, 2.75) is 39.7 Å². The van der Waals surface area contributed by atoms with E-state index in [0.29, 0.717) is 12.5 Å².